The molecule has 4 rings (SSSR count). The van der Waals surface area contributed by atoms with E-state index in [2.05, 4.69) is 0 Å². The van der Waals surface area contributed by atoms with Gasteiger partial charge in [0.2, 0.25) is 6.17 Å². The SMILES string of the molecule is O=C(OCC12CC3CC(CC(C3)C1)C2)C(F)CF. The summed E-state index contributed by atoms with van der Waals surface area (Å²) in [5, 5.41) is 0. The Labute approximate surface area is 106 Å². The van der Waals surface area contributed by atoms with E-state index in [4.69, 9.17) is 4.74 Å². The molecule has 0 saturated heterocycles. The van der Waals surface area contributed by atoms with Crippen LogP contribution in [0.5, 0.6) is 0 Å². The molecule has 0 aromatic rings. The van der Waals surface area contributed by atoms with Crippen LogP contribution in [0.4, 0.5) is 8.78 Å². The number of ether oxygens (including phenoxy) is 1. The van der Waals surface area contributed by atoms with E-state index in [0.717, 1.165) is 37.0 Å². The minimum absolute atomic E-state index is 0.0838. The molecule has 1 unspecified atom stereocenters. The Hall–Kier alpha value is -0.670. The molecule has 0 aliphatic heterocycles. The molecule has 18 heavy (non-hydrogen) atoms. The molecule has 102 valence electrons. The van der Waals surface area contributed by atoms with Crippen molar-refractivity contribution in [3.63, 3.8) is 0 Å². The summed E-state index contributed by atoms with van der Waals surface area (Å²) in [6.45, 7) is -0.977. The van der Waals surface area contributed by atoms with E-state index < -0.39 is 18.8 Å². The van der Waals surface area contributed by atoms with Crippen molar-refractivity contribution in [2.24, 2.45) is 23.2 Å². The van der Waals surface area contributed by atoms with Gasteiger partial charge in [-0.1, -0.05) is 0 Å². The van der Waals surface area contributed by atoms with Crippen LogP contribution in [0.15, 0.2) is 0 Å². The summed E-state index contributed by atoms with van der Waals surface area (Å²) in [5.41, 5.74) is 0.0838. The van der Waals surface area contributed by atoms with E-state index in [0.29, 0.717) is 6.61 Å². The highest BCUT2D eigenvalue weighted by Crippen LogP contribution is 2.60. The van der Waals surface area contributed by atoms with Crippen molar-refractivity contribution in [2.45, 2.75) is 44.7 Å². The van der Waals surface area contributed by atoms with Gasteiger partial charge in [0.15, 0.2) is 0 Å². The van der Waals surface area contributed by atoms with Crippen molar-refractivity contribution in [3.8, 4) is 0 Å². The third-order valence-electron chi connectivity index (χ3n) is 5.08. The summed E-state index contributed by atoms with van der Waals surface area (Å²) in [4.78, 5) is 11.2. The fourth-order valence-electron chi connectivity index (χ4n) is 4.84. The number of halogens is 2. The first-order valence-electron chi connectivity index (χ1n) is 6.97. The molecule has 4 heteroatoms. The van der Waals surface area contributed by atoms with Crippen LogP contribution in [0.2, 0.25) is 0 Å². The minimum atomic E-state index is -2.10. The van der Waals surface area contributed by atoms with E-state index in [-0.39, 0.29) is 5.41 Å². The van der Waals surface area contributed by atoms with Gasteiger partial charge in [0.25, 0.3) is 0 Å². The van der Waals surface area contributed by atoms with Gasteiger partial charge in [-0.3, -0.25) is 0 Å². The Kier molecular flexibility index (Phi) is 3.07. The monoisotopic (exact) mass is 258 g/mol. The molecule has 4 aliphatic rings. The van der Waals surface area contributed by atoms with Crippen molar-refractivity contribution < 1.29 is 18.3 Å². The van der Waals surface area contributed by atoms with E-state index >= 15 is 0 Å². The lowest BCUT2D eigenvalue weighted by Gasteiger charge is -2.56. The Balaban J connectivity index is 1.61. The van der Waals surface area contributed by atoms with Gasteiger partial charge < -0.3 is 4.74 Å². The number of carbonyl (C=O) groups is 1. The lowest BCUT2D eigenvalue weighted by atomic mass is 9.50. The maximum Gasteiger partial charge on any atom is 0.343 e. The highest BCUT2D eigenvalue weighted by molar-refractivity contribution is 5.74. The van der Waals surface area contributed by atoms with Gasteiger partial charge in [-0.25, -0.2) is 13.6 Å². The summed E-state index contributed by atoms with van der Waals surface area (Å²) in [6.07, 6.45) is 5.20. The van der Waals surface area contributed by atoms with E-state index in [1.165, 1.54) is 19.3 Å². The average molecular weight is 258 g/mol. The topological polar surface area (TPSA) is 26.3 Å². The first kappa shape index (κ1) is 12.4. The maximum absolute atomic E-state index is 12.8. The summed E-state index contributed by atoms with van der Waals surface area (Å²) in [5.74, 6) is 1.31. The molecule has 0 radical (unpaired) electrons. The first-order valence-corrected chi connectivity index (χ1v) is 6.97. The van der Waals surface area contributed by atoms with Gasteiger partial charge >= 0.3 is 5.97 Å². The molecule has 1 atom stereocenters. The van der Waals surface area contributed by atoms with Crippen LogP contribution in [-0.4, -0.2) is 25.4 Å². The molecule has 4 saturated carbocycles. The predicted octanol–water partition coefficient (Wildman–Crippen LogP) is 3.05. The van der Waals surface area contributed by atoms with E-state index in [9.17, 15) is 13.6 Å². The van der Waals surface area contributed by atoms with Crippen molar-refractivity contribution in [2.75, 3.05) is 13.3 Å². The zero-order chi connectivity index (χ0) is 12.8. The number of hydrogen-bond acceptors (Lipinski definition) is 2. The molecule has 4 bridgehead atoms. The summed E-state index contributed by atoms with van der Waals surface area (Å²) < 4.78 is 29.9. The van der Waals surface area contributed by atoms with Crippen LogP contribution in [0, 0.1) is 23.2 Å². The second kappa shape index (κ2) is 4.46. The van der Waals surface area contributed by atoms with Gasteiger partial charge in [-0.15, -0.1) is 0 Å². The maximum atomic E-state index is 12.8. The van der Waals surface area contributed by atoms with Crippen LogP contribution < -0.4 is 0 Å². The number of esters is 1. The molecule has 0 spiro atoms. The smallest absolute Gasteiger partial charge is 0.343 e. The van der Waals surface area contributed by atoms with Crippen LogP contribution in [0.3, 0.4) is 0 Å². The van der Waals surface area contributed by atoms with Crippen molar-refractivity contribution in [3.05, 3.63) is 0 Å². The predicted molar refractivity (Wildman–Crippen MR) is 62.4 cm³/mol. The standard InChI is InChI=1S/C14H20F2O2/c15-7-12(16)13(17)18-8-14-4-9-1-10(5-14)3-11(2-9)6-14/h9-12H,1-8H2. The van der Waals surface area contributed by atoms with Crippen molar-refractivity contribution >= 4 is 5.97 Å². The number of alkyl halides is 2. The molecule has 0 amide bonds. The molecule has 0 aromatic heterocycles. The summed E-state index contributed by atoms with van der Waals surface area (Å²) >= 11 is 0. The van der Waals surface area contributed by atoms with Gasteiger partial charge in [-0.2, -0.15) is 0 Å². The third kappa shape index (κ3) is 2.14. The largest absolute Gasteiger partial charge is 0.463 e. The molecular weight excluding hydrogens is 238 g/mol. The zero-order valence-electron chi connectivity index (χ0n) is 10.5. The average Bonchev–Trinajstić information content (AvgIpc) is 2.33. The van der Waals surface area contributed by atoms with Crippen molar-refractivity contribution in [1.29, 1.82) is 0 Å². The zero-order valence-corrected chi connectivity index (χ0v) is 10.5. The molecule has 0 aromatic carbocycles. The van der Waals surface area contributed by atoms with E-state index in [1.54, 1.807) is 0 Å². The lowest BCUT2D eigenvalue weighted by molar-refractivity contribution is -0.161. The minimum Gasteiger partial charge on any atom is -0.463 e. The normalized spacial score (nSPS) is 42.9. The van der Waals surface area contributed by atoms with Gasteiger partial charge in [-0.05, 0) is 56.3 Å². The second-order valence-electron chi connectivity index (χ2n) is 6.65. The van der Waals surface area contributed by atoms with E-state index in [1.807, 2.05) is 0 Å². The molecule has 4 fully saturated rings. The third-order valence-corrected chi connectivity index (χ3v) is 5.08. The Morgan fingerprint density at radius 2 is 1.67 bits per heavy atom. The highest BCUT2D eigenvalue weighted by atomic mass is 19.2. The van der Waals surface area contributed by atoms with Crippen LogP contribution in [0.1, 0.15) is 38.5 Å². The number of carbonyl (C=O) groups excluding carboxylic acids is 1. The molecule has 4 aliphatic carbocycles. The molecular formula is C14H20F2O2. The van der Waals surface area contributed by atoms with Gasteiger partial charge in [0, 0.05) is 5.41 Å². The molecule has 0 N–H and O–H groups in total. The van der Waals surface area contributed by atoms with Crippen LogP contribution in [-0.2, 0) is 9.53 Å². The first-order chi connectivity index (χ1) is 8.60. The number of rotatable bonds is 4. The number of hydrogen-bond donors (Lipinski definition) is 0. The second-order valence-corrected chi connectivity index (χ2v) is 6.65. The van der Waals surface area contributed by atoms with Crippen LogP contribution in [0.25, 0.3) is 0 Å². The van der Waals surface area contributed by atoms with Crippen molar-refractivity contribution in [1.82, 2.24) is 0 Å². The Bertz CT molecular complexity index is 307. The highest BCUT2D eigenvalue weighted by Gasteiger charge is 2.51. The van der Waals surface area contributed by atoms with Gasteiger partial charge in [0.1, 0.15) is 6.67 Å². The lowest BCUT2D eigenvalue weighted by Crippen LogP contribution is -2.48. The van der Waals surface area contributed by atoms with Gasteiger partial charge in [0.05, 0.1) is 6.61 Å². The Morgan fingerprint density at radius 3 is 2.11 bits per heavy atom. The summed E-state index contributed by atoms with van der Waals surface area (Å²) in [7, 11) is 0. The molecule has 0 heterocycles. The Morgan fingerprint density at radius 1 is 1.17 bits per heavy atom. The summed E-state index contributed by atoms with van der Waals surface area (Å²) in [6, 6.07) is 0. The fourth-order valence-corrected chi connectivity index (χ4v) is 4.84. The quantitative estimate of drug-likeness (QED) is 0.724. The molecule has 2 nitrogen and oxygen atoms in total. The van der Waals surface area contributed by atoms with Crippen LogP contribution >= 0.6 is 0 Å². The fraction of sp³-hybridized carbons (Fsp3) is 0.929.